The first-order chi connectivity index (χ1) is 8.61. The smallest absolute Gasteiger partial charge is 0.330 e. The molecule has 1 aromatic rings. The number of carboxylic acids is 1. The van der Waals surface area contributed by atoms with Crippen LogP contribution in [-0.2, 0) is 11.3 Å². The number of carboxylic acid groups (broad SMARTS) is 1. The fraction of sp³-hybridized carbons (Fsp3) is 0.357. The summed E-state index contributed by atoms with van der Waals surface area (Å²) < 4.78 is 0. The minimum Gasteiger partial charge on any atom is -0.508 e. The highest BCUT2D eigenvalue weighted by atomic mass is 16.4. The molecule has 0 aliphatic rings. The summed E-state index contributed by atoms with van der Waals surface area (Å²) in [7, 11) is 0. The number of phenolic OH excluding ortho intramolecular Hbond substituents is 1. The van der Waals surface area contributed by atoms with Gasteiger partial charge in [0.15, 0.2) is 0 Å². The van der Waals surface area contributed by atoms with Gasteiger partial charge in [-0.15, -0.1) is 0 Å². The topological polar surface area (TPSA) is 69.6 Å². The number of nitrogens with one attached hydrogen (secondary N) is 1. The standard InChI is InChI=1S/C14H19NO3/c1-11(14(17)18)6-4-5-9-15-10-12-7-2-3-8-13(12)16/h2-3,7-8,15-16H,1,4-6,9-10H2,(H,17,18). The quantitative estimate of drug-likeness (QED) is 0.488. The Labute approximate surface area is 107 Å². The summed E-state index contributed by atoms with van der Waals surface area (Å²) in [5, 5.41) is 21.4. The summed E-state index contributed by atoms with van der Waals surface area (Å²) in [6.45, 7) is 4.89. The molecule has 1 aromatic carbocycles. The predicted octanol–water partition coefficient (Wildman–Crippen LogP) is 2.29. The van der Waals surface area contributed by atoms with E-state index in [0.717, 1.165) is 24.9 Å². The average molecular weight is 249 g/mol. The first-order valence-corrected chi connectivity index (χ1v) is 6.00. The zero-order valence-electron chi connectivity index (χ0n) is 10.4. The third-order valence-electron chi connectivity index (χ3n) is 2.69. The molecule has 0 unspecified atom stereocenters. The maximum atomic E-state index is 10.5. The third-order valence-corrected chi connectivity index (χ3v) is 2.69. The van der Waals surface area contributed by atoms with E-state index in [2.05, 4.69) is 11.9 Å². The maximum absolute atomic E-state index is 10.5. The van der Waals surface area contributed by atoms with E-state index in [4.69, 9.17) is 5.11 Å². The van der Waals surface area contributed by atoms with Crippen molar-refractivity contribution < 1.29 is 15.0 Å². The summed E-state index contributed by atoms with van der Waals surface area (Å²) in [6, 6.07) is 7.20. The molecule has 0 aromatic heterocycles. The molecule has 98 valence electrons. The number of rotatable bonds is 8. The van der Waals surface area contributed by atoms with E-state index in [0.29, 0.717) is 18.7 Å². The van der Waals surface area contributed by atoms with E-state index < -0.39 is 5.97 Å². The normalized spacial score (nSPS) is 10.2. The van der Waals surface area contributed by atoms with Crippen molar-refractivity contribution in [3.63, 3.8) is 0 Å². The van der Waals surface area contributed by atoms with Crippen molar-refractivity contribution >= 4 is 5.97 Å². The Hall–Kier alpha value is -1.81. The number of benzene rings is 1. The molecule has 0 amide bonds. The average Bonchev–Trinajstić information content (AvgIpc) is 2.35. The lowest BCUT2D eigenvalue weighted by Gasteiger charge is -2.06. The van der Waals surface area contributed by atoms with Gasteiger partial charge in [-0.1, -0.05) is 24.8 Å². The molecule has 0 aliphatic carbocycles. The number of unbranched alkanes of at least 4 members (excludes halogenated alkanes) is 1. The summed E-state index contributed by atoms with van der Waals surface area (Å²) in [5.74, 6) is -0.624. The van der Waals surface area contributed by atoms with E-state index in [1.165, 1.54) is 0 Å². The molecule has 0 fully saturated rings. The van der Waals surface area contributed by atoms with E-state index >= 15 is 0 Å². The van der Waals surface area contributed by atoms with Crippen LogP contribution < -0.4 is 5.32 Å². The molecule has 0 heterocycles. The van der Waals surface area contributed by atoms with Gasteiger partial charge in [0, 0.05) is 17.7 Å². The van der Waals surface area contributed by atoms with Gasteiger partial charge >= 0.3 is 5.97 Å². The zero-order chi connectivity index (χ0) is 13.4. The molecule has 0 saturated carbocycles. The van der Waals surface area contributed by atoms with E-state index in [1.54, 1.807) is 12.1 Å². The SMILES string of the molecule is C=C(CCCCNCc1ccccc1O)C(=O)O. The molecule has 0 spiro atoms. The molecule has 0 radical (unpaired) electrons. The minimum atomic E-state index is -0.919. The Morgan fingerprint density at radius 3 is 2.67 bits per heavy atom. The van der Waals surface area contributed by atoms with Crippen molar-refractivity contribution in [3.8, 4) is 5.75 Å². The van der Waals surface area contributed by atoms with Crippen LogP contribution in [0.25, 0.3) is 0 Å². The summed E-state index contributed by atoms with van der Waals surface area (Å²) in [5.41, 5.74) is 1.13. The Morgan fingerprint density at radius 2 is 2.00 bits per heavy atom. The largest absolute Gasteiger partial charge is 0.508 e. The summed E-state index contributed by atoms with van der Waals surface area (Å²) >= 11 is 0. The molecule has 18 heavy (non-hydrogen) atoms. The van der Waals surface area contributed by atoms with Crippen molar-refractivity contribution in [2.75, 3.05) is 6.54 Å². The van der Waals surface area contributed by atoms with Gasteiger partial charge in [-0.3, -0.25) is 0 Å². The van der Waals surface area contributed by atoms with Crippen LogP contribution in [0.3, 0.4) is 0 Å². The molecule has 1 rings (SSSR count). The van der Waals surface area contributed by atoms with Crippen LogP contribution in [0.2, 0.25) is 0 Å². The van der Waals surface area contributed by atoms with Gasteiger partial charge in [-0.05, 0) is 31.9 Å². The van der Waals surface area contributed by atoms with Crippen molar-refractivity contribution in [1.29, 1.82) is 0 Å². The molecule has 4 nitrogen and oxygen atoms in total. The molecule has 3 N–H and O–H groups in total. The van der Waals surface area contributed by atoms with Crippen LogP contribution in [0.5, 0.6) is 5.75 Å². The molecule has 0 atom stereocenters. The summed E-state index contributed by atoms with van der Waals surface area (Å²) in [6.07, 6.45) is 2.21. The maximum Gasteiger partial charge on any atom is 0.330 e. The Morgan fingerprint density at radius 1 is 1.28 bits per heavy atom. The number of hydrogen-bond donors (Lipinski definition) is 3. The number of carbonyl (C=O) groups is 1. The number of aliphatic carboxylic acids is 1. The predicted molar refractivity (Wildman–Crippen MR) is 70.4 cm³/mol. The van der Waals surface area contributed by atoms with Crippen LogP contribution in [0.4, 0.5) is 0 Å². The molecular formula is C14H19NO3. The highest BCUT2D eigenvalue weighted by molar-refractivity contribution is 5.85. The Balaban J connectivity index is 2.11. The van der Waals surface area contributed by atoms with Gasteiger partial charge in [0.2, 0.25) is 0 Å². The highest BCUT2D eigenvalue weighted by Crippen LogP contribution is 2.14. The lowest BCUT2D eigenvalue weighted by atomic mass is 10.1. The van der Waals surface area contributed by atoms with Crippen molar-refractivity contribution in [3.05, 3.63) is 42.0 Å². The number of phenols is 1. The minimum absolute atomic E-state index is 0.260. The van der Waals surface area contributed by atoms with Crippen LogP contribution in [0.15, 0.2) is 36.4 Å². The zero-order valence-corrected chi connectivity index (χ0v) is 10.4. The lowest BCUT2D eigenvalue weighted by molar-refractivity contribution is -0.132. The van der Waals surface area contributed by atoms with Crippen LogP contribution in [-0.4, -0.2) is 22.7 Å². The molecular weight excluding hydrogens is 230 g/mol. The second kappa shape index (κ2) is 7.50. The molecule has 0 bridgehead atoms. The van der Waals surface area contributed by atoms with Gasteiger partial charge in [-0.2, -0.15) is 0 Å². The van der Waals surface area contributed by atoms with Crippen molar-refractivity contribution in [1.82, 2.24) is 5.32 Å². The number of aromatic hydroxyl groups is 1. The monoisotopic (exact) mass is 249 g/mol. The van der Waals surface area contributed by atoms with Crippen LogP contribution >= 0.6 is 0 Å². The van der Waals surface area contributed by atoms with Gasteiger partial charge in [0.1, 0.15) is 5.75 Å². The van der Waals surface area contributed by atoms with Crippen molar-refractivity contribution in [2.24, 2.45) is 0 Å². The van der Waals surface area contributed by atoms with Gasteiger partial charge in [0.05, 0.1) is 0 Å². The Bertz CT molecular complexity index is 415. The fourth-order valence-electron chi connectivity index (χ4n) is 1.58. The number of para-hydroxylation sites is 1. The first kappa shape index (κ1) is 14.3. The van der Waals surface area contributed by atoms with Gasteiger partial charge in [0.25, 0.3) is 0 Å². The molecule has 4 heteroatoms. The molecule has 0 saturated heterocycles. The van der Waals surface area contributed by atoms with Crippen LogP contribution in [0.1, 0.15) is 24.8 Å². The second-order valence-corrected chi connectivity index (χ2v) is 4.17. The molecule has 0 aliphatic heterocycles. The third kappa shape index (κ3) is 5.01. The number of hydrogen-bond acceptors (Lipinski definition) is 3. The van der Waals surface area contributed by atoms with E-state index in [-0.39, 0.29) is 5.57 Å². The first-order valence-electron chi connectivity index (χ1n) is 6.00. The second-order valence-electron chi connectivity index (χ2n) is 4.17. The fourth-order valence-corrected chi connectivity index (χ4v) is 1.58. The summed E-state index contributed by atoms with van der Waals surface area (Å²) in [4.78, 5) is 10.5. The van der Waals surface area contributed by atoms with Crippen LogP contribution in [0, 0.1) is 0 Å². The van der Waals surface area contributed by atoms with Crippen molar-refractivity contribution in [2.45, 2.75) is 25.8 Å². The highest BCUT2D eigenvalue weighted by Gasteiger charge is 2.03. The van der Waals surface area contributed by atoms with E-state index in [1.807, 2.05) is 12.1 Å². The lowest BCUT2D eigenvalue weighted by Crippen LogP contribution is -2.14. The van der Waals surface area contributed by atoms with E-state index in [9.17, 15) is 9.90 Å². The van der Waals surface area contributed by atoms with Gasteiger partial charge < -0.3 is 15.5 Å². The Kier molecular flexibility index (Phi) is 5.94. The van der Waals surface area contributed by atoms with Gasteiger partial charge in [-0.25, -0.2) is 4.79 Å².